The fraction of sp³-hybridized carbons (Fsp3) is 0.286. The summed E-state index contributed by atoms with van der Waals surface area (Å²) in [5.41, 5.74) is 2.31. The number of hydrogen-bond donors (Lipinski definition) is 2. The van der Waals surface area contributed by atoms with E-state index in [1.54, 1.807) is 18.2 Å². The van der Waals surface area contributed by atoms with Crippen molar-refractivity contribution in [1.29, 1.82) is 0 Å². The van der Waals surface area contributed by atoms with Crippen molar-refractivity contribution in [3.05, 3.63) is 47.5 Å². The van der Waals surface area contributed by atoms with Gasteiger partial charge in [0.15, 0.2) is 0 Å². The van der Waals surface area contributed by atoms with E-state index < -0.39 is 12.1 Å². The van der Waals surface area contributed by atoms with Gasteiger partial charge in [-0.05, 0) is 36.1 Å². The molecule has 5 nitrogen and oxygen atoms in total. The summed E-state index contributed by atoms with van der Waals surface area (Å²) < 4.78 is 4.85. The largest absolute Gasteiger partial charge is 0.478 e. The molecule has 2 N–H and O–H groups in total. The monoisotopic (exact) mass is 261 g/mol. The SMILES string of the molecule is C=CCOC(=O)NC1Cc2ccc(C(=O)O)cc2C1. The number of fused-ring (bicyclic) bond motifs is 1. The highest BCUT2D eigenvalue weighted by Crippen LogP contribution is 2.23. The summed E-state index contributed by atoms with van der Waals surface area (Å²) in [4.78, 5) is 22.3. The number of carboxylic acid groups (broad SMARTS) is 1. The molecule has 0 heterocycles. The molecule has 0 bridgehead atoms. The third-order valence-corrected chi connectivity index (χ3v) is 3.04. The third-order valence-electron chi connectivity index (χ3n) is 3.04. The van der Waals surface area contributed by atoms with E-state index in [4.69, 9.17) is 9.84 Å². The second kappa shape index (κ2) is 5.56. The predicted molar refractivity (Wildman–Crippen MR) is 69.3 cm³/mol. The van der Waals surface area contributed by atoms with E-state index in [0.717, 1.165) is 11.1 Å². The first-order chi connectivity index (χ1) is 9.10. The van der Waals surface area contributed by atoms with Crippen LogP contribution < -0.4 is 5.32 Å². The number of carbonyl (C=O) groups is 2. The Morgan fingerprint density at radius 2 is 2.16 bits per heavy atom. The van der Waals surface area contributed by atoms with Crippen LogP contribution in [0.5, 0.6) is 0 Å². The number of benzene rings is 1. The lowest BCUT2D eigenvalue weighted by Gasteiger charge is -2.11. The van der Waals surface area contributed by atoms with Gasteiger partial charge in [-0.15, -0.1) is 0 Å². The Hall–Kier alpha value is -2.30. The zero-order chi connectivity index (χ0) is 13.8. The Labute approximate surface area is 110 Å². The molecule has 0 aliphatic heterocycles. The van der Waals surface area contributed by atoms with E-state index in [1.807, 2.05) is 0 Å². The molecule has 1 amide bonds. The first kappa shape index (κ1) is 13.1. The summed E-state index contributed by atoms with van der Waals surface area (Å²) in [5, 5.41) is 11.7. The Kier molecular flexibility index (Phi) is 3.85. The van der Waals surface area contributed by atoms with Gasteiger partial charge in [-0.3, -0.25) is 0 Å². The van der Waals surface area contributed by atoms with Crippen molar-refractivity contribution < 1.29 is 19.4 Å². The van der Waals surface area contributed by atoms with Crippen LogP contribution in [0.2, 0.25) is 0 Å². The molecule has 1 aliphatic carbocycles. The van der Waals surface area contributed by atoms with Crippen LogP contribution in [0.3, 0.4) is 0 Å². The molecule has 1 aromatic rings. The third kappa shape index (κ3) is 3.13. The second-order valence-electron chi connectivity index (χ2n) is 4.43. The summed E-state index contributed by atoms with van der Waals surface area (Å²) in [5.74, 6) is -0.940. The molecule has 1 aliphatic rings. The summed E-state index contributed by atoms with van der Waals surface area (Å²) >= 11 is 0. The fourth-order valence-electron chi connectivity index (χ4n) is 2.20. The van der Waals surface area contributed by atoms with Crippen LogP contribution in [0.15, 0.2) is 30.9 Å². The van der Waals surface area contributed by atoms with Crippen LogP contribution >= 0.6 is 0 Å². The van der Waals surface area contributed by atoms with E-state index in [2.05, 4.69) is 11.9 Å². The molecule has 2 rings (SSSR count). The van der Waals surface area contributed by atoms with Gasteiger partial charge in [0.1, 0.15) is 6.61 Å². The van der Waals surface area contributed by atoms with E-state index in [1.165, 1.54) is 6.08 Å². The number of carbonyl (C=O) groups excluding carboxylic acids is 1. The van der Waals surface area contributed by atoms with Gasteiger partial charge in [0.2, 0.25) is 0 Å². The summed E-state index contributed by atoms with van der Waals surface area (Å²) in [6, 6.07) is 5.00. The zero-order valence-electron chi connectivity index (χ0n) is 10.4. The van der Waals surface area contributed by atoms with Gasteiger partial charge in [0.25, 0.3) is 0 Å². The first-order valence-electron chi connectivity index (χ1n) is 5.99. The maximum Gasteiger partial charge on any atom is 0.407 e. The molecule has 1 unspecified atom stereocenters. The highest BCUT2D eigenvalue weighted by molar-refractivity contribution is 5.88. The number of amides is 1. The molecule has 0 fully saturated rings. The predicted octanol–water partition coefficient (Wildman–Crippen LogP) is 1.76. The average molecular weight is 261 g/mol. The van der Waals surface area contributed by atoms with Crippen molar-refractivity contribution in [3.8, 4) is 0 Å². The average Bonchev–Trinajstić information content (AvgIpc) is 2.77. The molecular weight excluding hydrogens is 246 g/mol. The van der Waals surface area contributed by atoms with Crippen molar-refractivity contribution in [2.45, 2.75) is 18.9 Å². The minimum Gasteiger partial charge on any atom is -0.478 e. The van der Waals surface area contributed by atoms with Crippen LogP contribution in [-0.4, -0.2) is 29.8 Å². The molecule has 0 saturated carbocycles. The van der Waals surface area contributed by atoms with Gasteiger partial charge in [-0.1, -0.05) is 18.7 Å². The highest BCUT2D eigenvalue weighted by Gasteiger charge is 2.24. The molecule has 1 aromatic carbocycles. The molecule has 0 spiro atoms. The Bertz CT molecular complexity index is 524. The van der Waals surface area contributed by atoms with Crippen molar-refractivity contribution in [3.63, 3.8) is 0 Å². The summed E-state index contributed by atoms with van der Waals surface area (Å²) in [7, 11) is 0. The zero-order valence-corrected chi connectivity index (χ0v) is 10.4. The van der Waals surface area contributed by atoms with Crippen LogP contribution in [0.1, 0.15) is 21.5 Å². The minimum absolute atomic E-state index is 0.0450. The van der Waals surface area contributed by atoms with Crippen LogP contribution in [0.25, 0.3) is 0 Å². The molecule has 0 aromatic heterocycles. The fourth-order valence-corrected chi connectivity index (χ4v) is 2.20. The van der Waals surface area contributed by atoms with E-state index in [0.29, 0.717) is 12.8 Å². The maximum atomic E-state index is 11.4. The number of rotatable bonds is 4. The van der Waals surface area contributed by atoms with Crippen molar-refractivity contribution in [1.82, 2.24) is 5.32 Å². The van der Waals surface area contributed by atoms with E-state index >= 15 is 0 Å². The lowest BCUT2D eigenvalue weighted by molar-refractivity contribution is 0.0696. The van der Waals surface area contributed by atoms with Gasteiger partial charge in [0, 0.05) is 6.04 Å². The Morgan fingerprint density at radius 1 is 1.42 bits per heavy atom. The van der Waals surface area contributed by atoms with Crippen LogP contribution in [0.4, 0.5) is 4.79 Å². The molecule has 1 atom stereocenters. The molecule has 0 radical (unpaired) electrons. The minimum atomic E-state index is -0.940. The van der Waals surface area contributed by atoms with Gasteiger partial charge in [-0.2, -0.15) is 0 Å². The van der Waals surface area contributed by atoms with Gasteiger partial charge in [-0.25, -0.2) is 9.59 Å². The van der Waals surface area contributed by atoms with Crippen LogP contribution in [0, 0.1) is 0 Å². The number of ether oxygens (including phenoxy) is 1. The smallest absolute Gasteiger partial charge is 0.407 e. The number of alkyl carbamates (subject to hydrolysis) is 1. The number of aromatic carboxylic acids is 1. The first-order valence-corrected chi connectivity index (χ1v) is 5.99. The molecule has 100 valence electrons. The Balaban J connectivity index is 1.98. The van der Waals surface area contributed by atoms with Crippen molar-refractivity contribution in [2.75, 3.05) is 6.61 Å². The normalized spacial score (nSPS) is 16.5. The quantitative estimate of drug-likeness (QED) is 0.810. The highest BCUT2D eigenvalue weighted by atomic mass is 16.5. The lowest BCUT2D eigenvalue weighted by atomic mass is 10.1. The van der Waals surface area contributed by atoms with E-state index in [9.17, 15) is 9.59 Å². The van der Waals surface area contributed by atoms with Crippen molar-refractivity contribution in [2.24, 2.45) is 0 Å². The van der Waals surface area contributed by atoms with E-state index in [-0.39, 0.29) is 18.2 Å². The molecule has 5 heteroatoms. The molecule has 0 saturated heterocycles. The second-order valence-corrected chi connectivity index (χ2v) is 4.43. The molecular formula is C14H15NO4. The topological polar surface area (TPSA) is 75.6 Å². The summed E-state index contributed by atoms with van der Waals surface area (Å²) in [6.07, 6.45) is 2.34. The van der Waals surface area contributed by atoms with Crippen LogP contribution in [-0.2, 0) is 17.6 Å². The lowest BCUT2D eigenvalue weighted by Crippen LogP contribution is -2.35. The number of carboxylic acids is 1. The standard InChI is InChI=1S/C14H15NO4/c1-2-5-19-14(18)15-12-7-9-3-4-10(13(16)17)6-11(9)8-12/h2-4,6,12H,1,5,7-8H2,(H,15,18)(H,16,17). The van der Waals surface area contributed by atoms with Gasteiger partial charge in [0.05, 0.1) is 5.56 Å². The number of nitrogens with one attached hydrogen (secondary N) is 1. The Morgan fingerprint density at radius 3 is 2.84 bits per heavy atom. The van der Waals surface area contributed by atoms with Gasteiger partial charge < -0.3 is 15.2 Å². The van der Waals surface area contributed by atoms with Gasteiger partial charge >= 0.3 is 12.1 Å². The summed E-state index contributed by atoms with van der Waals surface area (Å²) in [6.45, 7) is 3.64. The number of hydrogen-bond acceptors (Lipinski definition) is 3. The maximum absolute atomic E-state index is 11.4. The van der Waals surface area contributed by atoms with Crippen molar-refractivity contribution >= 4 is 12.1 Å². The molecule has 19 heavy (non-hydrogen) atoms.